The number of aryl methyl sites for hydroxylation is 1. The maximum Gasteiger partial charge on any atom is 0.236 e. The Kier molecular flexibility index (Phi) is 6.24. The van der Waals surface area contributed by atoms with Crippen molar-refractivity contribution in [1.82, 2.24) is 4.98 Å². The molecule has 34 heavy (non-hydrogen) atoms. The number of rotatable bonds is 6. The van der Waals surface area contributed by atoms with Crippen LogP contribution in [0.3, 0.4) is 0 Å². The van der Waals surface area contributed by atoms with E-state index in [1.165, 1.54) is 5.56 Å². The SMILES string of the molecule is Cc1ccc(S(=O)(=O)c2nc(-c3ccccc3)oc2N2CCC(Cc3ccccc3)CC2)cc1. The van der Waals surface area contributed by atoms with E-state index in [1.807, 2.05) is 48.2 Å². The molecule has 1 aromatic heterocycles. The van der Waals surface area contributed by atoms with E-state index in [2.05, 4.69) is 29.2 Å². The average molecular weight is 473 g/mol. The van der Waals surface area contributed by atoms with Crippen molar-refractivity contribution < 1.29 is 12.8 Å². The molecule has 0 aliphatic carbocycles. The molecule has 1 saturated heterocycles. The van der Waals surface area contributed by atoms with Crippen LogP contribution in [-0.2, 0) is 16.3 Å². The lowest BCUT2D eigenvalue weighted by Gasteiger charge is -2.32. The molecule has 5 rings (SSSR count). The van der Waals surface area contributed by atoms with E-state index in [-0.39, 0.29) is 9.92 Å². The summed E-state index contributed by atoms with van der Waals surface area (Å²) in [4.78, 5) is 6.79. The molecule has 1 aliphatic heterocycles. The molecule has 0 bridgehead atoms. The fourth-order valence-corrected chi connectivity index (χ4v) is 5.82. The van der Waals surface area contributed by atoms with Gasteiger partial charge in [0.1, 0.15) is 0 Å². The van der Waals surface area contributed by atoms with Crippen molar-refractivity contribution in [3.63, 3.8) is 0 Å². The number of piperidine rings is 1. The van der Waals surface area contributed by atoms with Crippen molar-refractivity contribution in [2.75, 3.05) is 18.0 Å². The molecular weight excluding hydrogens is 444 g/mol. The second-order valence-electron chi connectivity index (χ2n) is 8.93. The number of anilines is 1. The van der Waals surface area contributed by atoms with Gasteiger partial charge in [0.2, 0.25) is 26.6 Å². The molecule has 0 radical (unpaired) electrons. The Bertz CT molecular complexity index is 1340. The van der Waals surface area contributed by atoms with Gasteiger partial charge in [-0.3, -0.25) is 0 Å². The topological polar surface area (TPSA) is 63.4 Å². The van der Waals surface area contributed by atoms with Gasteiger partial charge < -0.3 is 9.32 Å². The van der Waals surface area contributed by atoms with Crippen molar-refractivity contribution in [1.29, 1.82) is 0 Å². The third-order valence-electron chi connectivity index (χ3n) is 6.45. The van der Waals surface area contributed by atoms with Crippen LogP contribution >= 0.6 is 0 Å². The van der Waals surface area contributed by atoms with E-state index in [9.17, 15) is 8.42 Å². The number of nitrogens with zero attached hydrogens (tertiary/aromatic N) is 2. The molecule has 0 unspecified atom stereocenters. The Balaban J connectivity index is 1.45. The first-order chi connectivity index (χ1) is 16.5. The summed E-state index contributed by atoms with van der Waals surface area (Å²) >= 11 is 0. The maximum absolute atomic E-state index is 13.6. The van der Waals surface area contributed by atoms with Crippen LogP contribution in [0.25, 0.3) is 11.5 Å². The Hall–Kier alpha value is -3.38. The molecule has 6 heteroatoms. The van der Waals surface area contributed by atoms with Crippen LogP contribution in [0.4, 0.5) is 5.88 Å². The zero-order chi connectivity index (χ0) is 23.5. The van der Waals surface area contributed by atoms with E-state index in [1.54, 1.807) is 24.3 Å². The van der Waals surface area contributed by atoms with Crippen molar-refractivity contribution in [2.24, 2.45) is 5.92 Å². The number of sulfone groups is 1. The van der Waals surface area contributed by atoms with E-state index in [0.29, 0.717) is 17.7 Å². The van der Waals surface area contributed by atoms with Gasteiger partial charge in [0.15, 0.2) is 0 Å². The highest BCUT2D eigenvalue weighted by Gasteiger charge is 2.33. The molecule has 1 fully saturated rings. The van der Waals surface area contributed by atoms with Crippen LogP contribution in [0, 0.1) is 12.8 Å². The predicted molar refractivity (Wildman–Crippen MR) is 134 cm³/mol. The molecule has 1 aliphatic rings. The first-order valence-corrected chi connectivity index (χ1v) is 13.2. The lowest BCUT2D eigenvalue weighted by atomic mass is 9.90. The van der Waals surface area contributed by atoms with Gasteiger partial charge in [-0.05, 0) is 61.9 Å². The molecule has 0 amide bonds. The summed E-state index contributed by atoms with van der Waals surface area (Å²) in [6.45, 7) is 3.40. The maximum atomic E-state index is 13.6. The highest BCUT2D eigenvalue weighted by Crippen LogP contribution is 2.36. The van der Waals surface area contributed by atoms with Crippen LogP contribution in [-0.4, -0.2) is 26.5 Å². The predicted octanol–water partition coefficient (Wildman–Crippen LogP) is 5.94. The van der Waals surface area contributed by atoms with Gasteiger partial charge in [0, 0.05) is 18.7 Å². The van der Waals surface area contributed by atoms with Gasteiger partial charge in [-0.1, -0.05) is 66.2 Å². The number of aromatic nitrogens is 1. The zero-order valence-corrected chi connectivity index (χ0v) is 20.0. The first-order valence-electron chi connectivity index (χ1n) is 11.7. The summed E-state index contributed by atoms with van der Waals surface area (Å²) in [6.07, 6.45) is 2.98. The van der Waals surface area contributed by atoms with Gasteiger partial charge in [-0.2, -0.15) is 4.98 Å². The number of benzene rings is 3. The molecule has 0 saturated carbocycles. The highest BCUT2D eigenvalue weighted by atomic mass is 32.2. The van der Waals surface area contributed by atoms with Crippen LogP contribution in [0.15, 0.2) is 99.3 Å². The molecule has 5 nitrogen and oxygen atoms in total. The Labute approximate surface area is 201 Å². The van der Waals surface area contributed by atoms with Crippen LogP contribution in [0.5, 0.6) is 0 Å². The van der Waals surface area contributed by atoms with E-state index < -0.39 is 9.84 Å². The summed E-state index contributed by atoms with van der Waals surface area (Å²) in [7, 11) is -3.83. The molecule has 0 spiro atoms. The van der Waals surface area contributed by atoms with Crippen molar-refractivity contribution >= 4 is 15.7 Å². The summed E-state index contributed by atoms with van der Waals surface area (Å²) < 4.78 is 33.4. The number of oxazole rings is 1. The number of hydrogen-bond acceptors (Lipinski definition) is 5. The third kappa shape index (κ3) is 4.64. The third-order valence-corrected chi connectivity index (χ3v) is 8.12. The fourth-order valence-electron chi connectivity index (χ4n) is 4.49. The molecular formula is C28H28N2O3S. The zero-order valence-electron chi connectivity index (χ0n) is 19.2. The van der Waals surface area contributed by atoms with Crippen LogP contribution < -0.4 is 4.90 Å². The lowest BCUT2D eigenvalue weighted by molar-refractivity contribution is 0.387. The van der Waals surface area contributed by atoms with Gasteiger partial charge in [-0.15, -0.1) is 0 Å². The average Bonchev–Trinajstić information content (AvgIpc) is 3.33. The monoisotopic (exact) mass is 472 g/mol. The largest absolute Gasteiger partial charge is 0.419 e. The minimum Gasteiger partial charge on any atom is -0.419 e. The van der Waals surface area contributed by atoms with Crippen molar-refractivity contribution in [2.45, 2.75) is 36.1 Å². The molecule has 0 N–H and O–H groups in total. The summed E-state index contributed by atoms with van der Waals surface area (Å²) in [5.74, 6) is 1.23. The first kappa shape index (κ1) is 22.4. The molecule has 3 aromatic carbocycles. The minimum atomic E-state index is -3.83. The second-order valence-corrected chi connectivity index (χ2v) is 10.8. The summed E-state index contributed by atoms with van der Waals surface area (Å²) in [6, 6.07) is 26.9. The Morgan fingerprint density at radius 1 is 0.882 bits per heavy atom. The molecule has 2 heterocycles. The molecule has 4 aromatic rings. The minimum absolute atomic E-state index is 0.00304. The second kappa shape index (κ2) is 9.47. The normalized spacial score (nSPS) is 14.9. The number of hydrogen-bond donors (Lipinski definition) is 0. The standard InChI is InChI=1S/C28H28N2O3S/c1-21-12-14-25(15-13-21)34(31,32)27-28(33-26(29-27)24-10-6-3-7-11-24)30-18-16-23(17-19-30)20-22-8-4-2-5-9-22/h2-15,23H,16-20H2,1H3. The van der Waals surface area contributed by atoms with Gasteiger partial charge in [0.05, 0.1) is 4.90 Å². The Morgan fingerprint density at radius 2 is 1.50 bits per heavy atom. The summed E-state index contributed by atoms with van der Waals surface area (Å²) in [5.41, 5.74) is 3.10. The smallest absolute Gasteiger partial charge is 0.236 e. The lowest BCUT2D eigenvalue weighted by Crippen LogP contribution is -2.34. The van der Waals surface area contributed by atoms with Gasteiger partial charge >= 0.3 is 0 Å². The van der Waals surface area contributed by atoms with Gasteiger partial charge in [-0.25, -0.2) is 8.42 Å². The summed E-state index contributed by atoms with van der Waals surface area (Å²) in [5, 5.41) is -0.00304. The van der Waals surface area contributed by atoms with Crippen molar-refractivity contribution in [3.8, 4) is 11.5 Å². The van der Waals surface area contributed by atoms with E-state index >= 15 is 0 Å². The van der Waals surface area contributed by atoms with Gasteiger partial charge in [0.25, 0.3) is 0 Å². The highest BCUT2D eigenvalue weighted by molar-refractivity contribution is 7.91. The molecule has 174 valence electrons. The van der Waals surface area contributed by atoms with Crippen LogP contribution in [0.1, 0.15) is 24.0 Å². The molecule has 0 atom stereocenters. The van der Waals surface area contributed by atoms with Crippen molar-refractivity contribution in [3.05, 3.63) is 96.1 Å². The van der Waals surface area contributed by atoms with Crippen LogP contribution in [0.2, 0.25) is 0 Å². The fraction of sp³-hybridized carbons (Fsp3) is 0.250. The van der Waals surface area contributed by atoms with E-state index in [4.69, 9.17) is 4.42 Å². The van der Waals surface area contributed by atoms with E-state index in [0.717, 1.165) is 43.5 Å². The quantitative estimate of drug-likeness (QED) is 0.347. The Morgan fingerprint density at radius 3 is 2.15 bits per heavy atom.